The maximum Gasteiger partial charge on any atom is 0.416 e. The van der Waals surface area contributed by atoms with Gasteiger partial charge in [0.25, 0.3) is 5.91 Å². The first-order chi connectivity index (χ1) is 17.8. The number of carbonyl (C=O) groups excluding carboxylic acids is 1. The Labute approximate surface area is 215 Å². The number of thioether (sulfide) groups is 1. The van der Waals surface area contributed by atoms with Gasteiger partial charge in [0.1, 0.15) is 0 Å². The minimum atomic E-state index is -4.53. The van der Waals surface area contributed by atoms with Crippen LogP contribution in [0.2, 0.25) is 0 Å². The van der Waals surface area contributed by atoms with Gasteiger partial charge in [-0.25, -0.2) is 0 Å². The summed E-state index contributed by atoms with van der Waals surface area (Å²) in [5.41, 5.74) is 0.448. The van der Waals surface area contributed by atoms with Crippen LogP contribution in [0.4, 0.5) is 18.9 Å². The van der Waals surface area contributed by atoms with Crippen LogP contribution >= 0.6 is 11.8 Å². The zero-order chi connectivity index (χ0) is 26.4. The van der Waals surface area contributed by atoms with Gasteiger partial charge in [0.05, 0.1) is 31.1 Å². The number of ether oxygens (including phenoxy) is 2. The lowest BCUT2D eigenvalue weighted by molar-refractivity contribution is -0.137. The Balaban J connectivity index is 1.55. The summed E-state index contributed by atoms with van der Waals surface area (Å²) in [5.74, 6) is 0.604. The van der Waals surface area contributed by atoms with E-state index in [4.69, 9.17) is 9.47 Å². The minimum Gasteiger partial charge on any atom is -0.481 e. The number of carbonyl (C=O) groups is 1. The van der Waals surface area contributed by atoms with Crippen molar-refractivity contribution < 1.29 is 27.4 Å². The molecule has 1 heterocycles. The number of hydrogen-bond acceptors (Lipinski definition) is 6. The number of benzene rings is 3. The number of rotatable bonds is 8. The molecule has 1 N–H and O–H groups in total. The molecule has 1 atom stereocenters. The van der Waals surface area contributed by atoms with Gasteiger partial charge in [-0.15, -0.1) is 11.8 Å². The highest BCUT2D eigenvalue weighted by Gasteiger charge is 2.31. The van der Waals surface area contributed by atoms with Gasteiger partial charge in [0.15, 0.2) is 5.82 Å². The van der Waals surface area contributed by atoms with Gasteiger partial charge < -0.3 is 14.8 Å². The topological polar surface area (TPSA) is 73.3 Å². The molecule has 0 saturated heterocycles. The Bertz CT molecular complexity index is 1340. The molecule has 0 radical (unpaired) electrons. The van der Waals surface area contributed by atoms with Gasteiger partial charge in [0, 0.05) is 16.1 Å². The van der Waals surface area contributed by atoms with Crippen molar-refractivity contribution in [3.63, 3.8) is 0 Å². The van der Waals surface area contributed by atoms with Crippen LogP contribution in [0.15, 0.2) is 89.8 Å². The molecule has 0 bridgehead atoms. The Hall–Kier alpha value is -4.05. The predicted octanol–water partition coefficient (Wildman–Crippen LogP) is 6.65. The van der Waals surface area contributed by atoms with E-state index in [-0.39, 0.29) is 10.8 Å². The Morgan fingerprint density at radius 1 is 0.865 bits per heavy atom. The zero-order valence-corrected chi connectivity index (χ0v) is 20.6. The van der Waals surface area contributed by atoms with E-state index in [2.05, 4.69) is 15.3 Å². The van der Waals surface area contributed by atoms with E-state index in [0.717, 1.165) is 22.6 Å². The van der Waals surface area contributed by atoms with Crippen molar-refractivity contribution in [1.82, 2.24) is 9.97 Å². The number of halogens is 3. The van der Waals surface area contributed by atoms with Crippen molar-refractivity contribution >= 4 is 23.4 Å². The van der Waals surface area contributed by atoms with Crippen LogP contribution in [-0.2, 0) is 6.18 Å². The van der Waals surface area contributed by atoms with Crippen molar-refractivity contribution in [2.75, 3.05) is 19.5 Å². The Morgan fingerprint density at radius 2 is 1.51 bits per heavy atom. The number of hydrogen-bond donors (Lipinski definition) is 1. The summed E-state index contributed by atoms with van der Waals surface area (Å²) in [6, 6.07) is 22.6. The van der Waals surface area contributed by atoms with Crippen LogP contribution < -0.4 is 14.8 Å². The molecule has 6 nitrogen and oxygen atoms in total. The highest BCUT2D eigenvalue weighted by Crippen LogP contribution is 2.40. The minimum absolute atomic E-state index is 0.0819. The lowest BCUT2D eigenvalue weighted by Crippen LogP contribution is -2.13. The fourth-order valence-corrected chi connectivity index (χ4v) is 4.51. The number of amides is 1. The first-order valence-electron chi connectivity index (χ1n) is 11.0. The molecule has 10 heteroatoms. The van der Waals surface area contributed by atoms with Gasteiger partial charge in [-0.2, -0.15) is 23.1 Å². The quantitative estimate of drug-likeness (QED) is 0.260. The maximum absolute atomic E-state index is 13.0. The number of nitrogens with one attached hydrogen (secondary N) is 1. The second kappa shape index (κ2) is 11.3. The van der Waals surface area contributed by atoms with Crippen LogP contribution in [0.25, 0.3) is 0 Å². The number of aromatic nitrogens is 2. The summed E-state index contributed by atoms with van der Waals surface area (Å²) in [6.07, 6.45) is -4.53. The van der Waals surface area contributed by atoms with Crippen molar-refractivity contribution in [1.29, 1.82) is 0 Å². The van der Waals surface area contributed by atoms with E-state index in [1.807, 2.05) is 30.3 Å². The largest absolute Gasteiger partial charge is 0.481 e. The average Bonchev–Trinajstić information content (AvgIpc) is 2.92. The summed E-state index contributed by atoms with van der Waals surface area (Å²) >= 11 is 1.49. The fourth-order valence-electron chi connectivity index (χ4n) is 3.44. The zero-order valence-electron chi connectivity index (χ0n) is 19.8. The number of alkyl halides is 3. The third kappa shape index (κ3) is 6.59. The lowest BCUT2D eigenvalue weighted by atomic mass is 10.1. The second-order valence-corrected chi connectivity index (χ2v) is 8.96. The smallest absolute Gasteiger partial charge is 0.416 e. The van der Waals surface area contributed by atoms with Crippen LogP contribution in [0.3, 0.4) is 0 Å². The van der Waals surface area contributed by atoms with Crippen molar-refractivity contribution in [2.45, 2.75) is 16.3 Å². The van der Waals surface area contributed by atoms with Crippen molar-refractivity contribution in [3.8, 4) is 11.8 Å². The van der Waals surface area contributed by atoms with E-state index >= 15 is 0 Å². The molecule has 0 unspecified atom stereocenters. The van der Waals surface area contributed by atoms with Gasteiger partial charge in [0.2, 0.25) is 11.8 Å². The molecule has 1 amide bonds. The molecule has 37 heavy (non-hydrogen) atoms. The predicted molar refractivity (Wildman–Crippen MR) is 135 cm³/mol. The normalized spacial score (nSPS) is 12.0. The van der Waals surface area contributed by atoms with Crippen molar-refractivity contribution in [2.24, 2.45) is 0 Å². The summed E-state index contributed by atoms with van der Waals surface area (Å²) in [6.45, 7) is 0. The molecule has 1 aromatic heterocycles. The monoisotopic (exact) mass is 525 g/mol. The first-order valence-corrected chi connectivity index (χ1v) is 11.9. The molecular weight excluding hydrogens is 503 g/mol. The standard InChI is InChI=1S/C27H22F3N3O3S/c1-35-22-16-23(36-2)33-25(32-22)24(17-7-4-3-5-8-17)37-21-13-11-20(12-14-21)31-26(34)18-9-6-10-19(15-18)27(28,29)30/h3-16,24H,1-2H3,(H,31,34)/t24-/m0/s1. The van der Waals surface area contributed by atoms with Crippen LogP contribution in [0, 0.1) is 0 Å². The van der Waals surface area contributed by atoms with Gasteiger partial charge in [-0.1, -0.05) is 36.4 Å². The third-order valence-electron chi connectivity index (χ3n) is 5.27. The van der Waals surface area contributed by atoms with E-state index in [1.165, 1.54) is 38.1 Å². The summed E-state index contributed by atoms with van der Waals surface area (Å²) in [5, 5.41) is 2.34. The van der Waals surface area contributed by atoms with Gasteiger partial charge >= 0.3 is 6.18 Å². The number of nitrogens with zero attached hydrogens (tertiary/aromatic N) is 2. The summed E-state index contributed by atoms with van der Waals surface area (Å²) in [7, 11) is 3.03. The molecule has 3 aromatic carbocycles. The van der Waals surface area contributed by atoms with E-state index in [9.17, 15) is 18.0 Å². The summed E-state index contributed by atoms with van der Waals surface area (Å²) in [4.78, 5) is 22.4. The van der Waals surface area contributed by atoms with Crippen LogP contribution in [0.1, 0.15) is 32.6 Å². The highest BCUT2D eigenvalue weighted by atomic mass is 32.2. The molecule has 0 aliphatic rings. The molecule has 0 fully saturated rings. The first kappa shape index (κ1) is 26.0. The second-order valence-electron chi connectivity index (χ2n) is 7.78. The molecular formula is C27H22F3N3O3S. The van der Waals surface area contributed by atoms with E-state index in [1.54, 1.807) is 30.3 Å². The molecule has 4 aromatic rings. The Morgan fingerprint density at radius 3 is 2.11 bits per heavy atom. The SMILES string of the molecule is COc1cc(OC)nc([C@@H](Sc2ccc(NC(=O)c3cccc(C(F)(F)F)c3)cc2)c2ccccc2)n1. The molecule has 0 saturated carbocycles. The van der Waals surface area contributed by atoms with Crippen LogP contribution in [0.5, 0.6) is 11.8 Å². The maximum atomic E-state index is 13.0. The Kier molecular flexibility index (Phi) is 7.98. The number of anilines is 1. The molecule has 0 aliphatic carbocycles. The molecule has 4 rings (SSSR count). The third-order valence-corrected chi connectivity index (χ3v) is 6.53. The summed E-state index contributed by atoms with van der Waals surface area (Å²) < 4.78 is 49.6. The van der Waals surface area contributed by atoms with E-state index in [0.29, 0.717) is 23.3 Å². The highest BCUT2D eigenvalue weighted by molar-refractivity contribution is 7.99. The fraction of sp³-hybridized carbons (Fsp3) is 0.148. The molecule has 0 spiro atoms. The lowest BCUT2D eigenvalue weighted by Gasteiger charge is -2.17. The number of methoxy groups -OCH3 is 2. The van der Waals surface area contributed by atoms with Gasteiger partial charge in [-0.3, -0.25) is 4.79 Å². The van der Waals surface area contributed by atoms with E-state index < -0.39 is 17.6 Å². The molecule has 0 aliphatic heterocycles. The van der Waals surface area contributed by atoms with Crippen molar-refractivity contribution in [3.05, 3.63) is 107 Å². The molecule has 190 valence electrons. The average molecular weight is 526 g/mol. The van der Waals surface area contributed by atoms with Crippen LogP contribution in [-0.4, -0.2) is 30.1 Å². The van der Waals surface area contributed by atoms with Gasteiger partial charge in [-0.05, 0) is 48.0 Å².